The first-order valence-electron chi connectivity index (χ1n) is 3.15. The maximum absolute atomic E-state index is 10.1. The maximum Gasteiger partial charge on any atom is 0.128 e. The molecule has 0 amide bonds. The Labute approximate surface area is 78.4 Å². The molecular weight excluding hydrogens is 255 g/mol. The predicted octanol–water partition coefficient (Wildman–Crippen LogP) is 1.74. The molecule has 0 aromatic heterocycles. The lowest BCUT2D eigenvalue weighted by Crippen LogP contribution is -1.85. The lowest BCUT2D eigenvalue weighted by atomic mass is 10.2. The highest BCUT2D eigenvalue weighted by atomic mass is 127. The van der Waals surface area contributed by atoms with Crippen molar-refractivity contribution in [3.8, 4) is 5.75 Å². The van der Waals surface area contributed by atoms with Crippen molar-refractivity contribution in [2.24, 2.45) is 0 Å². The van der Waals surface area contributed by atoms with E-state index in [9.17, 15) is 4.79 Å². The lowest BCUT2D eigenvalue weighted by molar-refractivity contribution is -0.107. The van der Waals surface area contributed by atoms with Gasteiger partial charge in [-0.25, -0.2) is 0 Å². The van der Waals surface area contributed by atoms with Crippen molar-refractivity contribution in [1.82, 2.24) is 0 Å². The SMILES string of the molecule is O=CCc1ccc(O)c(I)c1. The molecule has 1 rings (SSSR count). The summed E-state index contributed by atoms with van der Waals surface area (Å²) in [5, 5.41) is 9.12. The Balaban J connectivity index is 2.95. The molecule has 1 aromatic carbocycles. The average molecular weight is 262 g/mol. The van der Waals surface area contributed by atoms with E-state index in [0.29, 0.717) is 6.42 Å². The normalized spacial score (nSPS) is 9.55. The van der Waals surface area contributed by atoms with Crippen molar-refractivity contribution in [2.45, 2.75) is 6.42 Å². The summed E-state index contributed by atoms with van der Waals surface area (Å²) in [7, 11) is 0. The molecule has 58 valence electrons. The van der Waals surface area contributed by atoms with Gasteiger partial charge in [0.1, 0.15) is 12.0 Å². The molecule has 1 aromatic rings. The van der Waals surface area contributed by atoms with Gasteiger partial charge in [0.25, 0.3) is 0 Å². The zero-order chi connectivity index (χ0) is 8.27. The number of carbonyl (C=O) groups is 1. The monoisotopic (exact) mass is 262 g/mol. The fourth-order valence-corrected chi connectivity index (χ4v) is 1.35. The molecule has 2 nitrogen and oxygen atoms in total. The summed E-state index contributed by atoms with van der Waals surface area (Å²) in [4.78, 5) is 10.1. The molecule has 0 radical (unpaired) electrons. The Kier molecular flexibility index (Phi) is 2.87. The highest BCUT2D eigenvalue weighted by Crippen LogP contribution is 2.19. The Morgan fingerprint density at radius 3 is 2.82 bits per heavy atom. The molecule has 0 unspecified atom stereocenters. The van der Waals surface area contributed by atoms with Gasteiger partial charge in [-0.1, -0.05) is 6.07 Å². The number of phenolic OH excluding ortho intramolecular Hbond substituents is 1. The van der Waals surface area contributed by atoms with Crippen LogP contribution in [0.3, 0.4) is 0 Å². The first kappa shape index (κ1) is 8.52. The second-order valence-corrected chi connectivity index (χ2v) is 3.32. The van der Waals surface area contributed by atoms with E-state index >= 15 is 0 Å². The predicted molar refractivity (Wildman–Crippen MR) is 50.6 cm³/mol. The summed E-state index contributed by atoms with van der Waals surface area (Å²) in [6.45, 7) is 0. The molecule has 0 atom stereocenters. The molecule has 0 aliphatic heterocycles. The van der Waals surface area contributed by atoms with Gasteiger partial charge in [-0.05, 0) is 40.3 Å². The number of rotatable bonds is 2. The molecule has 0 saturated carbocycles. The highest BCUT2D eigenvalue weighted by Gasteiger charge is 1.97. The summed E-state index contributed by atoms with van der Waals surface area (Å²) in [5.74, 6) is 0.264. The Hall–Kier alpha value is -0.580. The van der Waals surface area contributed by atoms with Crippen molar-refractivity contribution in [3.63, 3.8) is 0 Å². The van der Waals surface area contributed by atoms with E-state index in [2.05, 4.69) is 0 Å². The molecule has 0 bridgehead atoms. The molecular formula is C8H7IO2. The first-order chi connectivity index (χ1) is 5.24. The number of aldehydes is 1. The Morgan fingerprint density at radius 1 is 1.55 bits per heavy atom. The van der Waals surface area contributed by atoms with E-state index in [-0.39, 0.29) is 5.75 Å². The zero-order valence-electron chi connectivity index (χ0n) is 5.75. The number of carbonyl (C=O) groups excluding carboxylic acids is 1. The average Bonchev–Trinajstić information content (AvgIpc) is 1.98. The number of hydrogen-bond acceptors (Lipinski definition) is 2. The topological polar surface area (TPSA) is 37.3 Å². The van der Waals surface area contributed by atoms with Crippen LogP contribution in [0.2, 0.25) is 0 Å². The molecule has 11 heavy (non-hydrogen) atoms. The van der Waals surface area contributed by atoms with E-state index < -0.39 is 0 Å². The van der Waals surface area contributed by atoms with E-state index in [1.54, 1.807) is 18.2 Å². The van der Waals surface area contributed by atoms with Crippen molar-refractivity contribution in [1.29, 1.82) is 0 Å². The molecule has 0 aliphatic carbocycles. The maximum atomic E-state index is 10.1. The van der Waals surface area contributed by atoms with Crippen LogP contribution in [0.4, 0.5) is 0 Å². The molecule has 0 fully saturated rings. The minimum absolute atomic E-state index is 0.264. The van der Waals surface area contributed by atoms with Crippen LogP contribution >= 0.6 is 22.6 Å². The van der Waals surface area contributed by atoms with Crippen LogP contribution in [0.5, 0.6) is 5.75 Å². The van der Waals surface area contributed by atoms with Crippen molar-refractivity contribution in [2.75, 3.05) is 0 Å². The molecule has 0 heterocycles. The van der Waals surface area contributed by atoms with Crippen molar-refractivity contribution < 1.29 is 9.90 Å². The second-order valence-electron chi connectivity index (χ2n) is 2.16. The summed E-state index contributed by atoms with van der Waals surface area (Å²) >= 11 is 2.02. The number of aromatic hydroxyl groups is 1. The third-order valence-corrected chi connectivity index (χ3v) is 2.20. The third kappa shape index (κ3) is 2.18. The first-order valence-corrected chi connectivity index (χ1v) is 4.23. The standard InChI is InChI=1S/C8H7IO2/c9-7-5-6(3-4-10)1-2-8(7)11/h1-2,4-5,11H,3H2. The fourth-order valence-electron chi connectivity index (χ4n) is 0.774. The zero-order valence-corrected chi connectivity index (χ0v) is 7.91. The van der Waals surface area contributed by atoms with Crippen LogP contribution in [0.25, 0.3) is 0 Å². The van der Waals surface area contributed by atoms with E-state index in [1.165, 1.54) is 0 Å². The summed E-state index contributed by atoms with van der Waals surface area (Å²) in [6.07, 6.45) is 1.26. The van der Waals surface area contributed by atoms with E-state index in [4.69, 9.17) is 5.11 Å². The van der Waals surface area contributed by atoms with Crippen molar-refractivity contribution in [3.05, 3.63) is 27.3 Å². The summed E-state index contributed by atoms with van der Waals surface area (Å²) in [5.41, 5.74) is 0.933. The minimum Gasteiger partial charge on any atom is -0.507 e. The van der Waals surface area contributed by atoms with E-state index in [0.717, 1.165) is 15.4 Å². The number of halogens is 1. The van der Waals surface area contributed by atoms with Crippen LogP contribution in [-0.4, -0.2) is 11.4 Å². The van der Waals surface area contributed by atoms with Gasteiger partial charge in [-0.2, -0.15) is 0 Å². The highest BCUT2D eigenvalue weighted by molar-refractivity contribution is 14.1. The quantitative estimate of drug-likeness (QED) is 0.651. The lowest BCUT2D eigenvalue weighted by Gasteiger charge is -1.98. The van der Waals surface area contributed by atoms with Gasteiger partial charge in [-0.15, -0.1) is 0 Å². The number of benzene rings is 1. The summed E-state index contributed by atoms with van der Waals surface area (Å²) in [6, 6.07) is 5.14. The van der Waals surface area contributed by atoms with Gasteiger partial charge in [0.15, 0.2) is 0 Å². The molecule has 0 aliphatic rings. The van der Waals surface area contributed by atoms with Crippen LogP contribution in [0.15, 0.2) is 18.2 Å². The van der Waals surface area contributed by atoms with Gasteiger partial charge in [0.05, 0.1) is 3.57 Å². The number of hydrogen-bond donors (Lipinski definition) is 1. The van der Waals surface area contributed by atoms with Gasteiger partial charge in [-0.3, -0.25) is 0 Å². The smallest absolute Gasteiger partial charge is 0.128 e. The number of phenols is 1. The third-order valence-electron chi connectivity index (χ3n) is 1.33. The van der Waals surface area contributed by atoms with Gasteiger partial charge in [0.2, 0.25) is 0 Å². The van der Waals surface area contributed by atoms with Crippen LogP contribution in [0, 0.1) is 3.57 Å². The molecule has 0 spiro atoms. The van der Waals surface area contributed by atoms with Crippen molar-refractivity contribution >= 4 is 28.9 Å². The van der Waals surface area contributed by atoms with Crippen LogP contribution in [-0.2, 0) is 11.2 Å². The second kappa shape index (κ2) is 3.71. The fraction of sp³-hybridized carbons (Fsp3) is 0.125. The van der Waals surface area contributed by atoms with E-state index in [1.807, 2.05) is 22.6 Å². The van der Waals surface area contributed by atoms with Crippen LogP contribution in [0.1, 0.15) is 5.56 Å². The van der Waals surface area contributed by atoms with Gasteiger partial charge >= 0.3 is 0 Å². The molecule has 3 heteroatoms. The van der Waals surface area contributed by atoms with Crippen LogP contribution < -0.4 is 0 Å². The summed E-state index contributed by atoms with van der Waals surface area (Å²) < 4.78 is 0.780. The minimum atomic E-state index is 0.264. The Bertz CT molecular complexity index is 271. The Morgan fingerprint density at radius 2 is 2.27 bits per heavy atom. The van der Waals surface area contributed by atoms with Gasteiger partial charge in [0, 0.05) is 6.42 Å². The largest absolute Gasteiger partial charge is 0.507 e. The van der Waals surface area contributed by atoms with Gasteiger partial charge < -0.3 is 9.90 Å². The molecule has 1 N–H and O–H groups in total. The molecule has 0 saturated heterocycles.